The average molecular weight is 366 g/mol. The summed E-state index contributed by atoms with van der Waals surface area (Å²) in [5, 5.41) is 0. The van der Waals surface area contributed by atoms with Crippen molar-refractivity contribution in [3.05, 3.63) is 89.2 Å². The van der Waals surface area contributed by atoms with E-state index in [0.717, 1.165) is 11.1 Å². The van der Waals surface area contributed by atoms with Crippen molar-refractivity contribution in [2.75, 3.05) is 7.11 Å². The number of benzene rings is 3. The van der Waals surface area contributed by atoms with Crippen LogP contribution in [0.5, 0.6) is 17.2 Å². The molecule has 0 aromatic heterocycles. The summed E-state index contributed by atoms with van der Waals surface area (Å²) in [6, 6.07) is 20.1. The van der Waals surface area contributed by atoms with Crippen LogP contribution >= 0.6 is 0 Å². The van der Waals surface area contributed by atoms with Crippen molar-refractivity contribution >= 4 is 6.29 Å². The van der Waals surface area contributed by atoms with Crippen molar-refractivity contribution in [3.8, 4) is 17.2 Å². The highest BCUT2D eigenvalue weighted by Gasteiger charge is 2.22. The van der Waals surface area contributed by atoms with Crippen molar-refractivity contribution < 1.29 is 23.4 Å². The lowest BCUT2D eigenvalue weighted by atomic mass is 10.1. The van der Waals surface area contributed by atoms with Crippen LogP contribution in [0.4, 0.5) is 4.39 Å². The largest absolute Gasteiger partial charge is 0.493 e. The van der Waals surface area contributed by atoms with E-state index in [1.165, 1.54) is 13.2 Å². The van der Waals surface area contributed by atoms with Crippen LogP contribution in [-0.4, -0.2) is 13.4 Å². The van der Waals surface area contributed by atoms with Gasteiger partial charge in [-0.2, -0.15) is 0 Å². The molecular formula is C22H19FO4. The fourth-order valence-corrected chi connectivity index (χ4v) is 2.58. The molecule has 5 heteroatoms. The summed E-state index contributed by atoms with van der Waals surface area (Å²) >= 11 is 0. The molecule has 3 rings (SSSR count). The second-order valence-electron chi connectivity index (χ2n) is 5.81. The summed E-state index contributed by atoms with van der Waals surface area (Å²) in [7, 11) is 1.43. The molecule has 0 aliphatic carbocycles. The molecule has 0 heterocycles. The van der Waals surface area contributed by atoms with Gasteiger partial charge in [-0.1, -0.05) is 60.7 Å². The predicted octanol–water partition coefficient (Wildman–Crippen LogP) is 4.80. The lowest BCUT2D eigenvalue weighted by molar-refractivity contribution is 0.111. The van der Waals surface area contributed by atoms with Crippen molar-refractivity contribution in [2.45, 2.75) is 13.2 Å². The van der Waals surface area contributed by atoms with Gasteiger partial charge in [0.25, 0.3) is 0 Å². The summed E-state index contributed by atoms with van der Waals surface area (Å²) < 4.78 is 31.6. The molecule has 0 saturated carbocycles. The van der Waals surface area contributed by atoms with Gasteiger partial charge in [0.1, 0.15) is 13.2 Å². The molecule has 0 saturated heterocycles. The van der Waals surface area contributed by atoms with E-state index in [9.17, 15) is 9.18 Å². The number of carbonyl (C=O) groups excluding carboxylic acids is 1. The van der Waals surface area contributed by atoms with Gasteiger partial charge in [-0.25, -0.2) is 4.39 Å². The van der Waals surface area contributed by atoms with E-state index >= 15 is 0 Å². The Bertz CT molecular complexity index is 895. The molecule has 0 spiro atoms. The van der Waals surface area contributed by atoms with Crippen LogP contribution in [0.15, 0.2) is 66.7 Å². The van der Waals surface area contributed by atoms with Crippen LogP contribution < -0.4 is 14.2 Å². The molecule has 0 N–H and O–H groups in total. The number of ether oxygens (including phenoxy) is 3. The Balaban J connectivity index is 1.92. The van der Waals surface area contributed by atoms with E-state index in [-0.39, 0.29) is 36.0 Å². The molecule has 0 fully saturated rings. The molecule has 0 unspecified atom stereocenters. The van der Waals surface area contributed by atoms with Crippen molar-refractivity contribution in [3.63, 3.8) is 0 Å². The summed E-state index contributed by atoms with van der Waals surface area (Å²) in [4.78, 5) is 11.2. The SMILES string of the molecule is COc1cc(C=O)c(F)c(OCc2ccccc2)c1OCc1ccccc1. The minimum Gasteiger partial charge on any atom is -0.493 e. The third-order valence-electron chi connectivity index (χ3n) is 3.97. The van der Waals surface area contributed by atoms with E-state index in [1.807, 2.05) is 60.7 Å². The van der Waals surface area contributed by atoms with Crippen LogP contribution in [0.1, 0.15) is 21.5 Å². The standard InChI is InChI=1S/C22H19FO4/c1-25-19-12-18(13-24)20(23)22(27-15-17-10-6-3-7-11-17)21(19)26-14-16-8-4-2-5-9-16/h2-13H,14-15H2,1H3. The smallest absolute Gasteiger partial charge is 0.207 e. The lowest BCUT2D eigenvalue weighted by Gasteiger charge is -2.17. The zero-order chi connectivity index (χ0) is 19.1. The Morgan fingerprint density at radius 1 is 0.852 bits per heavy atom. The molecule has 0 aliphatic heterocycles. The molecule has 27 heavy (non-hydrogen) atoms. The minimum absolute atomic E-state index is 0.125. The van der Waals surface area contributed by atoms with Gasteiger partial charge in [0.05, 0.1) is 12.7 Å². The van der Waals surface area contributed by atoms with Gasteiger partial charge in [0.2, 0.25) is 11.5 Å². The number of halogens is 1. The molecule has 4 nitrogen and oxygen atoms in total. The van der Waals surface area contributed by atoms with E-state index < -0.39 is 5.82 Å². The number of methoxy groups -OCH3 is 1. The van der Waals surface area contributed by atoms with E-state index in [2.05, 4.69) is 0 Å². The Labute approximate surface area is 157 Å². The van der Waals surface area contributed by atoms with Gasteiger partial charge < -0.3 is 14.2 Å². The zero-order valence-electron chi connectivity index (χ0n) is 14.9. The number of rotatable bonds is 8. The first-order valence-corrected chi connectivity index (χ1v) is 8.42. The maximum absolute atomic E-state index is 14.8. The first kappa shape index (κ1) is 18.5. The molecular weight excluding hydrogens is 347 g/mol. The summed E-state index contributed by atoms with van der Waals surface area (Å²) in [6.07, 6.45) is 0.425. The second-order valence-corrected chi connectivity index (χ2v) is 5.81. The number of hydrogen-bond donors (Lipinski definition) is 0. The predicted molar refractivity (Wildman–Crippen MR) is 99.9 cm³/mol. The van der Waals surface area contributed by atoms with E-state index in [1.54, 1.807) is 0 Å². The van der Waals surface area contributed by atoms with Crippen LogP contribution in [-0.2, 0) is 13.2 Å². The summed E-state index contributed by atoms with van der Waals surface area (Å²) in [5.74, 6) is -0.557. The van der Waals surface area contributed by atoms with Crippen molar-refractivity contribution in [2.24, 2.45) is 0 Å². The minimum atomic E-state index is -0.773. The number of hydrogen-bond acceptors (Lipinski definition) is 4. The van der Waals surface area contributed by atoms with Crippen molar-refractivity contribution in [1.29, 1.82) is 0 Å². The van der Waals surface area contributed by atoms with Crippen molar-refractivity contribution in [1.82, 2.24) is 0 Å². The number of carbonyl (C=O) groups is 1. The fourth-order valence-electron chi connectivity index (χ4n) is 2.58. The third-order valence-corrected chi connectivity index (χ3v) is 3.97. The molecule has 0 bridgehead atoms. The van der Waals surface area contributed by atoms with Crippen LogP contribution in [0, 0.1) is 5.82 Å². The van der Waals surface area contributed by atoms with Gasteiger partial charge in [0.15, 0.2) is 17.9 Å². The molecule has 3 aromatic carbocycles. The Morgan fingerprint density at radius 2 is 1.37 bits per heavy atom. The summed E-state index contributed by atoms with van der Waals surface area (Å²) in [5.41, 5.74) is 1.62. The Kier molecular flexibility index (Phi) is 6.05. The maximum atomic E-state index is 14.8. The van der Waals surface area contributed by atoms with Gasteiger partial charge in [-0.05, 0) is 17.2 Å². The van der Waals surface area contributed by atoms with Gasteiger partial charge in [0, 0.05) is 0 Å². The Hall–Kier alpha value is -3.34. The first-order chi connectivity index (χ1) is 13.2. The molecule has 0 aliphatic rings. The Morgan fingerprint density at radius 3 is 1.85 bits per heavy atom. The third kappa shape index (κ3) is 4.44. The molecule has 0 amide bonds. The monoisotopic (exact) mass is 366 g/mol. The second kappa shape index (κ2) is 8.85. The highest BCUT2D eigenvalue weighted by Crippen LogP contribution is 2.42. The topological polar surface area (TPSA) is 44.8 Å². The van der Waals surface area contributed by atoms with Gasteiger partial charge in [-0.15, -0.1) is 0 Å². The molecule has 0 radical (unpaired) electrons. The zero-order valence-corrected chi connectivity index (χ0v) is 14.9. The molecule has 0 atom stereocenters. The highest BCUT2D eigenvalue weighted by atomic mass is 19.1. The van der Waals surface area contributed by atoms with Crippen LogP contribution in [0.3, 0.4) is 0 Å². The number of aldehydes is 1. The first-order valence-electron chi connectivity index (χ1n) is 8.42. The molecule has 138 valence electrons. The van der Waals surface area contributed by atoms with E-state index in [4.69, 9.17) is 14.2 Å². The van der Waals surface area contributed by atoms with Gasteiger partial charge >= 0.3 is 0 Å². The summed E-state index contributed by atoms with van der Waals surface area (Å²) in [6.45, 7) is 0.337. The van der Waals surface area contributed by atoms with E-state index in [0.29, 0.717) is 6.29 Å². The highest BCUT2D eigenvalue weighted by molar-refractivity contribution is 5.79. The lowest BCUT2D eigenvalue weighted by Crippen LogP contribution is -2.06. The normalized spacial score (nSPS) is 10.3. The van der Waals surface area contributed by atoms with Gasteiger partial charge in [-0.3, -0.25) is 4.79 Å². The quantitative estimate of drug-likeness (QED) is 0.537. The maximum Gasteiger partial charge on any atom is 0.207 e. The van der Waals surface area contributed by atoms with Crippen LogP contribution in [0.2, 0.25) is 0 Å². The van der Waals surface area contributed by atoms with Crippen LogP contribution in [0.25, 0.3) is 0 Å². The fraction of sp³-hybridized carbons (Fsp3) is 0.136. The molecule has 3 aromatic rings. The average Bonchev–Trinajstić information content (AvgIpc) is 2.73.